The highest BCUT2D eigenvalue weighted by molar-refractivity contribution is 5.85. The number of likely N-dealkylation sites (tertiary alicyclic amines) is 1. The van der Waals surface area contributed by atoms with E-state index in [0.717, 1.165) is 38.4 Å². The molecule has 2 aliphatic rings. The Hall–Kier alpha value is -1.10. The van der Waals surface area contributed by atoms with Gasteiger partial charge in [0.15, 0.2) is 0 Å². The Morgan fingerprint density at radius 2 is 1.68 bits per heavy atom. The molecule has 0 aromatic heterocycles. The molecule has 2 saturated heterocycles. The highest BCUT2D eigenvalue weighted by atomic mass is 35.5. The summed E-state index contributed by atoms with van der Waals surface area (Å²) in [4.78, 5) is 14.7. The Bertz CT molecular complexity index is 520. The van der Waals surface area contributed by atoms with Crippen LogP contribution >= 0.6 is 12.4 Å². The Balaban J connectivity index is 0.00000225. The van der Waals surface area contributed by atoms with Crippen molar-refractivity contribution in [1.82, 2.24) is 15.5 Å². The summed E-state index contributed by atoms with van der Waals surface area (Å²) >= 11 is 0. The molecule has 0 atom stereocenters. The topological polar surface area (TPSA) is 44.4 Å². The second-order valence-electron chi connectivity index (χ2n) is 7.52. The fraction of sp³-hybridized carbons (Fsp3) is 0.650. The minimum absolute atomic E-state index is 0. The van der Waals surface area contributed by atoms with Crippen LogP contribution < -0.4 is 10.6 Å². The summed E-state index contributed by atoms with van der Waals surface area (Å²) in [7, 11) is 0. The van der Waals surface area contributed by atoms with E-state index in [1.54, 1.807) is 0 Å². The van der Waals surface area contributed by atoms with E-state index in [1.807, 2.05) is 0 Å². The predicted molar refractivity (Wildman–Crippen MR) is 105 cm³/mol. The molecule has 2 N–H and O–H groups in total. The Morgan fingerprint density at radius 1 is 1.08 bits per heavy atom. The molecular formula is C20H32ClN3O. The largest absolute Gasteiger partial charge is 0.352 e. The SMILES string of the molecule is CC1CCN(Cc2ccc(CNC(=O)C3CCNCC3)cc2)CC1.Cl. The van der Waals surface area contributed by atoms with Gasteiger partial charge in [0.1, 0.15) is 0 Å². The van der Waals surface area contributed by atoms with Crippen molar-refractivity contribution in [2.45, 2.75) is 45.7 Å². The summed E-state index contributed by atoms with van der Waals surface area (Å²) in [6.07, 6.45) is 4.56. The number of carbonyl (C=O) groups excluding carboxylic acids is 1. The van der Waals surface area contributed by atoms with Gasteiger partial charge in [-0.1, -0.05) is 31.2 Å². The third-order valence-electron chi connectivity index (χ3n) is 5.48. The van der Waals surface area contributed by atoms with E-state index in [1.165, 1.54) is 37.1 Å². The van der Waals surface area contributed by atoms with E-state index in [4.69, 9.17) is 0 Å². The molecule has 0 saturated carbocycles. The van der Waals surface area contributed by atoms with Crippen molar-refractivity contribution in [1.29, 1.82) is 0 Å². The summed E-state index contributed by atoms with van der Waals surface area (Å²) in [5.41, 5.74) is 2.56. The quantitative estimate of drug-likeness (QED) is 0.843. The van der Waals surface area contributed by atoms with Crippen LogP contribution in [0.3, 0.4) is 0 Å². The lowest BCUT2D eigenvalue weighted by atomic mass is 9.97. The van der Waals surface area contributed by atoms with Gasteiger partial charge >= 0.3 is 0 Å². The zero-order chi connectivity index (χ0) is 16.8. The first-order valence-electron chi connectivity index (χ1n) is 9.49. The summed E-state index contributed by atoms with van der Waals surface area (Å²) in [6.45, 7) is 8.40. The van der Waals surface area contributed by atoms with Gasteiger partial charge in [-0.25, -0.2) is 0 Å². The Kier molecular flexibility index (Phi) is 8.20. The Labute approximate surface area is 158 Å². The zero-order valence-corrected chi connectivity index (χ0v) is 16.1. The van der Waals surface area contributed by atoms with E-state index in [-0.39, 0.29) is 24.2 Å². The predicted octanol–water partition coefficient (Wildman–Crippen LogP) is 2.96. The molecule has 140 valence electrons. The third kappa shape index (κ3) is 6.28. The lowest BCUT2D eigenvalue weighted by Crippen LogP contribution is -2.37. The number of carbonyl (C=O) groups is 1. The van der Waals surface area contributed by atoms with Crippen LogP contribution in [0.5, 0.6) is 0 Å². The van der Waals surface area contributed by atoms with E-state index in [2.05, 4.69) is 46.7 Å². The monoisotopic (exact) mass is 365 g/mol. The van der Waals surface area contributed by atoms with Gasteiger partial charge in [-0.15, -0.1) is 12.4 Å². The number of amides is 1. The molecule has 5 heteroatoms. The summed E-state index contributed by atoms with van der Waals surface area (Å²) in [5.74, 6) is 1.28. The number of benzene rings is 1. The maximum Gasteiger partial charge on any atom is 0.223 e. The molecule has 3 rings (SSSR count). The molecule has 0 radical (unpaired) electrons. The standard InChI is InChI=1S/C20H31N3O.ClH/c1-16-8-12-23(13-9-16)15-18-4-2-17(3-5-18)14-22-20(24)19-6-10-21-11-7-19;/h2-5,16,19,21H,6-15H2,1H3,(H,22,24);1H. The molecule has 0 aliphatic carbocycles. The van der Waals surface area contributed by atoms with Gasteiger partial charge in [0.05, 0.1) is 0 Å². The number of hydrogen-bond donors (Lipinski definition) is 2. The molecule has 1 aromatic rings. The molecule has 1 amide bonds. The van der Waals surface area contributed by atoms with Gasteiger partial charge < -0.3 is 10.6 Å². The number of rotatable bonds is 5. The molecule has 4 nitrogen and oxygen atoms in total. The fourth-order valence-electron chi connectivity index (χ4n) is 3.66. The first-order chi connectivity index (χ1) is 11.7. The number of halogens is 1. The van der Waals surface area contributed by atoms with Crippen molar-refractivity contribution < 1.29 is 4.79 Å². The zero-order valence-electron chi connectivity index (χ0n) is 15.3. The molecule has 2 fully saturated rings. The number of piperidine rings is 2. The molecule has 1 aromatic carbocycles. The van der Waals surface area contributed by atoms with Gasteiger partial charge in [-0.2, -0.15) is 0 Å². The van der Waals surface area contributed by atoms with Crippen LogP contribution in [0.15, 0.2) is 24.3 Å². The van der Waals surface area contributed by atoms with Gasteiger partial charge in [-0.3, -0.25) is 9.69 Å². The normalized spacial score (nSPS) is 20.0. The maximum absolute atomic E-state index is 12.2. The first-order valence-corrected chi connectivity index (χ1v) is 9.49. The van der Waals surface area contributed by atoms with E-state index < -0.39 is 0 Å². The lowest BCUT2D eigenvalue weighted by molar-refractivity contribution is -0.125. The highest BCUT2D eigenvalue weighted by Crippen LogP contribution is 2.18. The van der Waals surface area contributed by atoms with Crippen LogP contribution in [-0.4, -0.2) is 37.0 Å². The first kappa shape index (κ1) is 20.2. The van der Waals surface area contributed by atoms with Crippen molar-refractivity contribution in [2.24, 2.45) is 11.8 Å². The second-order valence-corrected chi connectivity index (χ2v) is 7.52. The molecule has 0 unspecified atom stereocenters. The van der Waals surface area contributed by atoms with Crippen molar-refractivity contribution in [3.63, 3.8) is 0 Å². The number of hydrogen-bond acceptors (Lipinski definition) is 3. The Morgan fingerprint density at radius 3 is 2.32 bits per heavy atom. The minimum atomic E-state index is 0. The summed E-state index contributed by atoms with van der Waals surface area (Å²) in [6, 6.07) is 8.74. The van der Waals surface area contributed by atoms with Crippen LogP contribution in [0.4, 0.5) is 0 Å². The molecule has 0 spiro atoms. The molecule has 0 bridgehead atoms. The fourth-order valence-corrected chi connectivity index (χ4v) is 3.66. The van der Waals surface area contributed by atoms with Crippen molar-refractivity contribution in [3.05, 3.63) is 35.4 Å². The highest BCUT2D eigenvalue weighted by Gasteiger charge is 2.20. The maximum atomic E-state index is 12.2. The molecule has 2 heterocycles. The van der Waals surface area contributed by atoms with Crippen LogP contribution in [0, 0.1) is 11.8 Å². The van der Waals surface area contributed by atoms with Gasteiger partial charge in [0.2, 0.25) is 5.91 Å². The van der Waals surface area contributed by atoms with Crippen LogP contribution in [0.1, 0.15) is 43.7 Å². The van der Waals surface area contributed by atoms with Gasteiger partial charge in [0.25, 0.3) is 0 Å². The van der Waals surface area contributed by atoms with Crippen LogP contribution in [0.2, 0.25) is 0 Å². The number of nitrogens with one attached hydrogen (secondary N) is 2. The third-order valence-corrected chi connectivity index (χ3v) is 5.48. The summed E-state index contributed by atoms with van der Waals surface area (Å²) in [5, 5.41) is 6.40. The number of nitrogens with zero attached hydrogens (tertiary/aromatic N) is 1. The molecule has 2 aliphatic heterocycles. The molecule has 25 heavy (non-hydrogen) atoms. The van der Waals surface area contributed by atoms with E-state index in [0.29, 0.717) is 6.54 Å². The smallest absolute Gasteiger partial charge is 0.223 e. The second kappa shape index (κ2) is 10.1. The van der Waals surface area contributed by atoms with Crippen molar-refractivity contribution in [3.8, 4) is 0 Å². The lowest BCUT2D eigenvalue weighted by Gasteiger charge is -2.30. The van der Waals surface area contributed by atoms with Crippen molar-refractivity contribution in [2.75, 3.05) is 26.2 Å². The average Bonchev–Trinajstić information content (AvgIpc) is 2.63. The van der Waals surface area contributed by atoms with E-state index in [9.17, 15) is 4.79 Å². The summed E-state index contributed by atoms with van der Waals surface area (Å²) < 4.78 is 0. The minimum Gasteiger partial charge on any atom is -0.352 e. The van der Waals surface area contributed by atoms with Gasteiger partial charge in [0, 0.05) is 19.0 Å². The van der Waals surface area contributed by atoms with E-state index >= 15 is 0 Å². The molecular weight excluding hydrogens is 334 g/mol. The van der Waals surface area contributed by atoms with Crippen LogP contribution in [0.25, 0.3) is 0 Å². The average molecular weight is 366 g/mol. The van der Waals surface area contributed by atoms with Crippen LogP contribution in [-0.2, 0) is 17.9 Å². The van der Waals surface area contributed by atoms with Crippen molar-refractivity contribution >= 4 is 18.3 Å². The van der Waals surface area contributed by atoms with Gasteiger partial charge in [-0.05, 0) is 68.9 Å².